The van der Waals surface area contributed by atoms with Gasteiger partial charge in [-0.25, -0.2) is 0 Å². The average Bonchev–Trinajstić information content (AvgIpc) is 2.72. The van der Waals surface area contributed by atoms with Crippen LogP contribution in [0.25, 0.3) is 0 Å². The molecule has 1 aromatic heterocycles. The molecule has 0 amide bonds. The van der Waals surface area contributed by atoms with Gasteiger partial charge in [0.2, 0.25) is 0 Å². The zero-order chi connectivity index (χ0) is 15.1. The average molecular weight is 473 g/mol. The maximum absolute atomic E-state index is 9.08. The zero-order valence-corrected chi connectivity index (χ0v) is 17.1. The molecule has 0 bridgehead atoms. The van der Waals surface area contributed by atoms with Gasteiger partial charge in [-0.2, -0.15) is 0 Å². The Labute approximate surface area is 153 Å². The molecular weight excluding hydrogens is 447 g/mol. The third-order valence-electron chi connectivity index (χ3n) is 3.03. The summed E-state index contributed by atoms with van der Waals surface area (Å²) in [7, 11) is 4.05. The third-order valence-corrected chi connectivity index (χ3v) is 3.47. The molecule has 0 aromatic carbocycles. The first-order valence-corrected chi connectivity index (χ1v) is 7.68. The summed E-state index contributed by atoms with van der Waals surface area (Å²) >= 11 is 3.49. The molecule has 5 nitrogen and oxygen atoms in total. The standard InChI is InChI=1S/C14H25BrN4O.HI/c1-5-16-14(17-7-11(2)10-20)19(4)9-13-6-12(15)8-18(13)3;/h6,8,11,20H,5,7,9-10H2,1-4H3,(H,16,17);1H. The topological polar surface area (TPSA) is 52.8 Å². The van der Waals surface area contributed by atoms with Crippen LogP contribution in [0.15, 0.2) is 21.7 Å². The molecule has 0 fully saturated rings. The fourth-order valence-corrected chi connectivity index (χ4v) is 2.38. The monoisotopic (exact) mass is 472 g/mol. The molecular formula is C14H26BrIN4O. The van der Waals surface area contributed by atoms with Gasteiger partial charge in [0.1, 0.15) is 0 Å². The number of rotatable bonds is 6. The van der Waals surface area contributed by atoms with E-state index in [1.54, 1.807) is 0 Å². The van der Waals surface area contributed by atoms with Crippen molar-refractivity contribution in [3.05, 3.63) is 22.4 Å². The summed E-state index contributed by atoms with van der Waals surface area (Å²) < 4.78 is 3.18. The van der Waals surface area contributed by atoms with Crippen molar-refractivity contribution in [3.63, 3.8) is 0 Å². The number of guanidine groups is 1. The predicted molar refractivity (Wildman–Crippen MR) is 102 cm³/mol. The Morgan fingerprint density at radius 1 is 1.57 bits per heavy atom. The van der Waals surface area contributed by atoms with Gasteiger partial charge in [-0.1, -0.05) is 6.92 Å². The van der Waals surface area contributed by atoms with Crippen molar-refractivity contribution >= 4 is 45.9 Å². The molecule has 0 aliphatic carbocycles. The van der Waals surface area contributed by atoms with Crippen LogP contribution in [0.5, 0.6) is 0 Å². The molecule has 2 N–H and O–H groups in total. The van der Waals surface area contributed by atoms with E-state index in [0.29, 0.717) is 6.54 Å². The maximum atomic E-state index is 9.08. The van der Waals surface area contributed by atoms with Gasteiger partial charge in [0.25, 0.3) is 0 Å². The van der Waals surface area contributed by atoms with Gasteiger partial charge in [0.15, 0.2) is 5.96 Å². The van der Waals surface area contributed by atoms with E-state index in [1.165, 1.54) is 5.69 Å². The number of aliphatic hydroxyl groups is 1. The Morgan fingerprint density at radius 2 is 2.24 bits per heavy atom. The molecule has 0 saturated heterocycles. The van der Waals surface area contributed by atoms with Crippen molar-refractivity contribution in [1.82, 2.24) is 14.8 Å². The molecule has 1 unspecified atom stereocenters. The molecule has 1 aromatic rings. The number of hydrogen-bond acceptors (Lipinski definition) is 2. The fourth-order valence-electron chi connectivity index (χ4n) is 1.81. The minimum Gasteiger partial charge on any atom is -0.396 e. The molecule has 0 radical (unpaired) electrons. The minimum absolute atomic E-state index is 0. The van der Waals surface area contributed by atoms with Gasteiger partial charge in [-0.3, -0.25) is 4.99 Å². The highest BCUT2D eigenvalue weighted by molar-refractivity contribution is 14.0. The highest BCUT2D eigenvalue weighted by Crippen LogP contribution is 2.15. The van der Waals surface area contributed by atoms with Crippen LogP contribution in [0.1, 0.15) is 19.5 Å². The van der Waals surface area contributed by atoms with Gasteiger partial charge in [0.05, 0.1) is 6.54 Å². The molecule has 1 heterocycles. The van der Waals surface area contributed by atoms with E-state index in [4.69, 9.17) is 5.11 Å². The smallest absolute Gasteiger partial charge is 0.194 e. The van der Waals surface area contributed by atoms with Crippen molar-refractivity contribution in [2.24, 2.45) is 18.0 Å². The lowest BCUT2D eigenvalue weighted by Crippen LogP contribution is -2.39. The Kier molecular flexibility index (Phi) is 10.3. The molecule has 0 spiro atoms. The summed E-state index contributed by atoms with van der Waals surface area (Å²) in [6.07, 6.45) is 2.04. The number of nitrogens with zero attached hydrogens (tertiary/aromatic N) is 3. The van der Waals surface area contributed by atoms with Crippen LogP contribution in [-0.2, 0) is 13.6 Å². The van der Waals surface area contributed by atoms with E-state index in [-0.39, 0.29) is 36.5 Å². The first-order chi connectivity index (χ1) is 9.47. The Balaban J connectivity index is 0.00000400. The van der Waals surface area contributed by atoms with E-state index in [0.717, 1.165) is 23.5 Å². The minimum atomic E-state index is 0. The molecule has 122 valence electrons. The summed E-state index contributed by atoms with van der Waals surface area (Å²) in [5.41, 5.74) is 1.21. The molecule has 0 aliphatic rings. The van der Waals surface area contributed by atoms with Gasteiger partial charge in [-0.15, -0.1) is 24.0 Å². The van der Waals surface area contributed by atoms with E-state index in [1.807, 2.05) is 27.2 Å². The van der Waals surface area contributed by atoms with Crippen LogP contribution in [0.4, 0.5) is 0 Å². The van der Waals surface area contributed by atoms with E-state index in [2.05, 4.69) is 48.7 Å². The number of aliphatic hydroxyl groups excluding tert-OH is 1. The van der Waals surface area contributed by atoms with Gasteiger partial charge >= 0.3 is 0 Å². The van der Waals surface area contributed by atoms with Gasteiger partial charge in [-0.05, 0) is 34.8 Å². The van der Waals surface area contributed by atoms with E-state index >= 15 is 0 Å². The maximum Gasteiger partial charge on any atom is 0.194 e. The lowest BCUT2D eigenvalue weighted by atomic mass is 10.2. The van der Waals surface area contributed by atoms with E-state index in [9.17, 15) is 0 Å². The van der Waals surface area contributed by atoms with Crippen molar-refractivity contribution in [2.45, 2.75) is 20.4 Å². The highest BCUT2D eigenvalue weighted by atomic mass is 127. The Bertz CT molecular complexity index is 450. The molecule has 0 aliphatic heterocycles. The number of nitrogens with one attached hydrogen (secondary N) is 1. The number of aryl methyl sites for hydroxylation is 1. The first-order valence-electron chi connectivity index (χ1n) is 6.89. The molecule has 1 atom stereocenters. The summed E-state index contributed by atoms with van der Waals surface area (Å²) in [6.45, 7) is 6.44. The van der Waals surface area contributed by atoms with Crippen LogP contribution in [-0.4, -0.2) is 47.3 Å². The van der Waals surface area contributed by atoms with Crippen molar-refractivity contribution in [2.75, 3.05) is 26.7 Å². The third kappa shape index (κ3) is 7.01. The highest BCUT2D eigenvalue weighted by Gasteiger charge is 2.10. The Morgan fingerprint density at radius 3 is 2.71 bits per heavy atom. The normalized spacial score (nSPS) is 12.8. The van der Waals surface area contributed by atoms with Crippen LogP contribution in [0.3, 0.4) is 0 Å². The van der Waals surface area contributed by atoms with Crippen molar-refractivity contribution in [1.29, 1.82) is 0 Å². The number of hydrogen-bond donors (Lipinski definition) is 2. The molecule has 1 rings (SSSR count). The van der Waals surface area contributed by atoms with Crippen LogP contribution < -0.4 is 5.32 Å². The zero-order valence-electron chi connectivity index (χ0n) is 13.1. The van der Waals surface area contributed by atoms with Gasteiger partial charge < -0.3 is 19.9 Å². The number of halogens is 2. The van der Waals surface area contributed by atoms with Crippen molar-refractivity contribution < 1.29 is 5.11 Å². The van der Waals surface area contributed by atoms with Gasteiger partial charge in [0, 0.05) is 50.2 Å². The summed E-state index contributed by atoms with van der Waals surface area (Å²) in [5, 5.41) is 12.4. The summed E-state index contributed by atoms with van der Waals surface area (Å²) in [5.74, 6) is 1.05. The van der Waals surface area contributed by atoms with Crippen LogP contribution >= 0.6 is 39.9 Å². The molecule has 0 saturated carbocycles. The quantitative estimate of drug-likeness (QED) is 0.380. The fraction of sp³-hybridized carbons (Fsp3) is 0.643. The first kappa shape index (κ1) is 20.7. The second-order valence-electron chi connectivity index (χ2n) is 5.10. The number of aromatic nitrogens is 1. The second-order valence-corrected chi connectivity index (χ2v) is 6.01. The lowest BCUT2D eigenvalue weighted by Gasteiger charge is -2.22. The molecule has 7 heteroatoms. The summed E-state index contributed by atoms with van der Waals surface area (Å²) in [4.78, 5) is 6.66. The van der Waals surface area contributed by atoms with Crippen LogP contribution in [0, 0.1) is 5.92 Å². The van der Waals surface area contributed by atoms with E-state index < -0.39 is 0 Å². The molecule has 21 heavy (non-hydrogen) atoms. The predicted octanol–water partition coefficient (Wildman–Crippen LogP) is 2.43. The SMILES string of the molecule is CCNC(=NCC(C)CO)N(C)Cc1cc(Br)cn1C.I. The summed E-state index contributed by atoms with van der Waals surface area (Å²) in [6, 6.07) is 2.11. The Hall–Kier alpha value is -0.280. The second kappa shape index (κ2) is 10.4. The number of aliphatic imine (C=N–C) groups is 1. The van der Waals surface area contributed by atoms with Crippen LogP contribution in [0.2, 0.25) is 0 Å². The largest absolute Gasteiger partial charge is 0.396 e. The van der Waals surface area contributed by atoms with Crippen molar-refractivity contribution in [3.8, 4) is 0 Å². The lowest BCUT2D eigenvalue weighted by molar-refractivity contribution is 0.241.